The molecule has 0 aromatic rings. The van der Waals surface area contributed by atoms with Gasteiger partial charge in [0.05, 0.1) is 13.2 Å². The molecule has 0 bridgehead atoms. The Morgan fingerprint density at radius 3 is 1.79 bits per heavy atom. The van der Waals surface area contributed by atoms with Crippen molar-refractivity contribution in [1.29, 1.82) is 0 Å². The topological polar surface area (TPSA) is 190 Å². The molecule has 2 rings (SSSR count). The number of rotatable bonds is 4. The van der Waals surface area contributed by atoms with Gasteiger partial charge in [0.1, 0.15) is 48.8 Å². The van der Waals surface area contributed by atoms with Gasteiger partial charge in [-0.1, -0.05) is 0 Å². The van der Waals surface area contributed by atoms with E-state index >= 15 is 0 Å². The molecule has 0 spiro atoms. The molecule has 2 aliphatic rings. The van der Waals surface area contributed by atoms with Crippen molar-refractivity contribution >= 4 is 29.6 Å². The quantitative estimate of drug-likeness (QED) is 0.221. The van der Waals surface area contributed by atoms with Crippen molar-refractivity contribution in [2.45, 2.75) is 61.4 Å². The van der Waals surface area contributed by atoms with Crippen molar-refractivity contribution < 1.29 is 55.1 Å². The maximum absolute atomic E-state index is 9.94. The molecule has 12 heteroatoms. The van der Waals surface area contributed by atoms with Crippen molar-refractivity contribution in [3.05, 3.63) is 0 Å². The average Bonchev–Trinajstić information content (AvgIpc) is 2.55. The van der Waals surface area contributed by atoms with Gasteiger partial charge in [-0.3, -0.25) is 0 Å². The van der Waals surface area contributed by atoms with Crippen LogP contribution in [-0.2, 0) is 14.2 Å². The minimum atomic E-state index is -1.74. The molecule has 0 amide bonds. The summed E-state index contributed by atoms with van der Waals surface area (Å²) in [7, 11) is 0. The fourth-order valence-corrected chi connectivity index (χ4v) is 2.57. The fraction of sp³-hybridized carbons (Fsp3) is 1.00. The van der Waals surface area contributed by atoms with Crippen molar-refractivity contribution in [1.82, 2.24) is 0 Å². The Kier molecular flexibility index (Phi) is 8.93. The van der Waals surface area contributed by atoms with Crippen molar-refractivity contribution in [2.24, 2.45) is 0 Å². The molecule has 24 heavy (non-hydrogen) atoms. The Hall–Kier alpha value is 0.560. The zero-order chi connectivity index (χ0) is 17.3. The summed E-state index contributed by atoms with van der Waals surface area (Å²) in [5.74, 6) is 0. The molecule has 2 aliphatic heterocycles. The van der Waals surface area contributed by atoms with E-state index in [4.69, 9.17) is 19.3 Å². The van der Waals surface area contributed by atoms with Crippen molar-refractivity contribution in [3.63, 3.8) is 0 Å². The summed E-state index contributed by atoms with van der Waals surface area (Å²) in [6, 6.07) is 0. The van der Waals surface area contributed by atoms with Gasteiger partial charge in [0.2, 0.25) is 0 Å². The van der Waals surface area contributed by atoms with E-state index in [-0.39, 0.29) is 29.6 Å². The van der Waals surface area contributed by atoms with E-state index in [9.17, 15) is 35.7 Å². The summed E-state index contributed by atoms with van der Waals surface area (Å²) in [4.78, 5) is 0. The third-order valence-electron chi connectivity index (χ3n) is 3.98. The number of hydrogen-bond donors (Lipinski definition) is 8. The third-order valence-corrected chi connectivity index (χ3v) is 3.98. The second kappa shape index (κ2) is 9.48. The molecule has 2 fully saturated rings. The fourth-order valence-electron chi connectivity index (χ4n) is 2.57. The molecule has 11 nitrogen and oxygen atoms in total. The van der Waals surface area contributed by atoms with Gasteiger partial charge in [0.25, 0.3) is 0 Å². The summed E-state index contributed by atoms with van der Waals surface area (Å²) < 4.78 is 15.3. The van der Waals surface area contributed by atoms with Gasteiger partial charge < -0.3 is 55.1 Å². The van der Waals surface area contributed by atoms with Gasteiger partial charge in [-0.2, -0.15) is 0 Å². The zero-order valence-electron chi connectivity index (χ0n) is 12.0. The van der Waals surface area contributed by atoms with Gasteiger partial charge in [-0.05, 0) is 0 Å². The Morgan fingerprint density at radius 1 is 0.667 bits per heavy atom. The zero-order valence-corrected chi connectivity index (χ0v) is 12.0. The molecular formula is C12H23NaO11. The monoisotopic (exact) mass is 366 g/mol. The number of aliphatic hydroxyl groups is 8. The molecule has 0 radical (unpaired) electrons. The third kappa shape index (κ3) is 4.45. The molecule has 2 heterocycles. The molecule has 0 aromatic heterocycles. The predicted octanol–water partition coefficient (Wildman–Crippen LogP) is -6.05. The van der Waals surface area contributed by atoms with E-state index in [1.165, 1.54) is 0 Å². The summed E-state index contributed by atoms with van der Waals surface area (Å²) in [5, 5.41) is 76.5. The van der Waals surface area contributed by atoms with Crippen LogP contribution >= 0.6 is 0 Å². The van der Waals surface area contributed by atoms with Crippen LogP contribution in [0.1, 0.15) is 0 Å². The molecular weight excluding hydrogens is 343 g/mol. The molecule has 0 saturated carbocycles. The van der Waals surface area contributed by atoms with Gasteiger partial charge in [0, 0.05) is 0 Å². The van der Waals surface area contributed by atoms with E-state index in [0.717, 1.165) is 0 Å². The van der Waals surface area contributed by atoms with E-state index in [1.54, 1.807) is 0 Å². The van der Waals surface area contributed by atoms with Crippen LogP contribution in [0.25, 0.3) is 0 Å². The van der Waals surface area contributed by atoms with Crippen molar-refractivity contribution in [3.8, 4) is 0 Å². The normalized spacial score (nSPS) is 49.5. The van der Waals surface area contributed by atoms with Gasteiger partial charge in [-0.25, -0.2) is 0 Å². The molecule has 0 aliphatic carbocycles. The predicted molar refractivity (Wildman–Crippen MR) is 75.8 cm³/mol. The Balaban J connectivity index is 0.00000288. The van der Waals surface area contributed by atoms with Crippen LogP contribution in [0, 0.1) is 0 Å². The molecule has 138 valence electrons. The summed E-state index contributed by atoms with van der Waals surface area (Å²) >= 11 is 0. The summed E-state index contributed by atoms with van der Waals surface area (Å²) in [6.45, 7) is -1.35. The van der Waals surface area contributed by atoms with Crippen LogP contribution in [0.2, 0.25) is 0 Å². The van der Waals surface area contributed by atoms with Crippen LogP contribution in [0.4, 0.5) is 0 Å². The first kappa shape index (κ1) is 22.6. The first-order valence-corrected chi connectivity index (χ1v) is 7.08. The Morgan fingerprint density at radius 2 is 1.25 bits per heavy atom. The van der Waals surface area contributed by atoms with E-state index in [2.05, 4.69) is 0 Å². The SMILES string of the molecule is OC[C@H]1O[C@@H](O[C@H]2[C@H](O)[C@@H](O)[C@H](O)O[C@@H]2CO)[C@H](O)[C@@H](O)[C@@H]1O.[NaH]. The van der Waals surface area contributed by atoms with Gasteiger partial charge in [-0.15, -0.1) is 0 Å². The van der Waals surface area contributed by atoms with Crippen LogP contribution in [0.5, 0.6) is 0 Å². The van der Waals surface area contributed by atoms with Crippen LogP contribution in [0.15, 0.2) is 0 Å². The number of hydrogen-bond acceptors (Lipinski definition) is 11. The van der Waals surface area contributed by atoms with Crippen molar-refractivity contribution in [2.75, 3.05) is 13.2 Å². The van der Waals surface area contributed by atoms with Crippen LogP contribution in [-0.4, -0.2) is 145 Å². The van der Waals surface area contributed by atoms with Gasteiger partial charge in [0.15, 0.2) is 12.6 Å². The van der Waals surface area contributed by atoms with Crippen LogP contribution < -0.4 is 0 Å². The van der Waals surface area contributed by atoms with E-state index in [1.807, 2.05) is 0 Å². The maximum atomic E-state index is 9.94. The first-order valence-electron chi connectivity index (χ1n) is 7.08. The standard InChI is InChI=1S/C12H22O11.Na.H/c13-1-3-5(15)6(16)9(19)12(22-3)23-10-4(2-14)21-11(20)8(18)7(10)17;;/h3-20H,1-2H2;;/t3-,4-,5-,6+,7-,8-,9-,10-,11-,12+;;/m1../s1. The first-order chi connectivity index (χ1) is 10.8. The molecule has 2 saturated heterocycles. The summed E-state index contributed by atoms with van der Waals surface area (Å²) in [5.41, 5.74) is 0. The molecule has 0 unspecified atom stereocenters. The van der Waals surface area contributed by atoms with Crippen LogP contribution in [0.3, 0.4) is 0 Å². The second-order valence-electron chi connectivity index (χ2n) is 5.53. The summed E-state index contributed by atoms with van der Waals surface area (Å²) in [6.07, 6.45) is -15.6. The molecule has 8 N–H and O–H groups in total. The molecule has 10 atom stereocenters. The number of ether oxygens (including phenoxy) is 3. The number of aliphatic hydroxyl groups excluding tert-OH is 8. The Bertz CT molecular complexity index is 384. The minimum absolute atomic E-state index is 0. The van der Waals surface area contributed by atoms with Gasteiger partial charge >= 0.3 is 29.6 Å². The second-order valence-corrected chi connectivity index (χ2v) is 5.53. The molecule has 0 aromatic carbocycles. The Labute approximate surface area is 159 Å². The average molecular weight is 366 g/mol. The van der Waals surface area contributed by atoms with E-state index in [0.29, 0.717) is 0 Å². The van der Waals surface area contributed by atoms with E-state index < -0.39 is 74.6 Å².